The van der Waals surface area contributed by atoms with E-state index in [1.807, 2.05) is 0 Å². The molecular formula is C28H33INO+. The van der Waals surface area contributed by atoms with Gasteiger partial charge in [0.15, 0.2) is 0 Å². The van der Waals surface area contributed by atoms with Gasteiger partial charge in [0, 0.05) is 0 Å². The van der Waals surface area contributed by atoms with Crippen molar-refractivity contribution in [2.24, 2.45) is 0 Å². The molecule has 0 amide bonds. The predicted octanol–water partition coefficient (Wildman–Crippen LogP) is 7.29. The molecule has 0 fully saturated rings. The fourth-order valence-corrected chi connectivity index (χ4v) is 3.86. The first-order chi connectivity index (χ1) is 14.9. The van der Waals surface area contributed by atoms with Crippen LogP contribution >= 0.6 is 22.6 Å². The number of hydrogen-bond donors (Lipinski definition) is 0. The van der Waals surface area contributed by atoms with Crippen LogP contribution in [-0.4, -0.2) is 35.8 Å². The molecule has 1 atom stereocenters. The van der Waals surface area contributed by atoms with Crippen molar-refractivity contribution in [3.8, 4) is 5.75 Å². The lowest BCUT2D eigenvalue weighted by molar-refractivity contribution is -0.894. The van der Waals surface area contributed by atoms with Crippen LogP contribution in [0, 0.1) is 0 Å². The second kappa shape index (κ2) is 11.0. The molecule has 3 rings (SSSR count). The standard InChI is InChI=1S/C28H33INO/c1-5-27(23-12-8-6-9-13-23)28(24-14-10-7-11-15-24)25-16-18-26(19-17-25)31-21-20-30(3,4)22(2)29/h6-19,22H,5,20-21H2,1-4H3/q+1. The normalized spacial score (nSPS) is 13.5. The van der Waals surface area contributed by atoms with Crippen LogP contribution in [0.1, 0.15) is 37.0 Å². The zero-order chi connectivity index (χ0) is 22.3. The van der Waals surface area contributed by atoms with Gasteiger partial charge in [-0.2, -0.15) is 0 Å². The van der Waals surface area contributed by atoms with Crippen molar-refractivity contribution in [3.05, 3.63) is 102 Å². The number of nitrogens with zero attached hydrogens (tertiary/aromatic N) is 1. The molecule has 162 valence electrons. The summed E-state index contributed by atoms with van der Waals surface area (Å²) in [5.74, 6) is 0.926. The van der Waals surface area contributed by atoms with Crippen LogP contribution in [0.2, 0.25) is 0 Å². The third-order valence-corrected chi connectivity index (χ3v) is 7.39. The van der Waals surface area contributed by atoms with E-state index in [0.717, 1.165) is 23.2 Å². The van der Waals surface area contributed by atoms with E-state index in [-0.39, 0.29) is 0 Å². The summed E-state index contributed by atoms with van der Waals surface area (Å²) in [7, 11) is 4.49. The van der Waals surface area contributed by atoms with Gasteiger partial charge < -0.3 is 9.22 Å². The molecule has 0 N–H and O–H groups in total. The monoisotopic (exact) mass is 526 g/mol. The minimum Gasteiger partial charge on any atom is -0.488 e. The molecule has 0 spiro atoms. The van der Waals surface area contributed by atoms with E-state index in [1.165, 1.54) is 27.8 Å². The van der Waals surface area contributed by atoms with Crippen molar-refractivity contribution < 1.29 is 9.22 Å². The average Bonchev–Trinajstić information content (AvgIpc) is 2.79. The Labute approximate surface area is 201 Å². The molecule has 2 nitrogen and oxygen atoms in total. The van der Waals surface area contributed by atoms with E-state index < -0.39 is 0 Å². The number of likely N-dealkylation sites (N-methyl/N-ethyl adjacent to an activating group) is 1. The average molecular weight is 526 g/mol. The Morgan fingerprint density at radius 2 is 1.32 bits per heavy atom. The summed E-state index contributed by atoms with van der Waals surface area (Å²) in [6, 6.07) is 30.0. The van der Waals surface area contributed by atoms with Gasteiger partial charge in [-0.1, -0.05) is 79.7 Å². The Hall–Kier alpha value is -2.11. The molecule has 0 aliphatic heterocycles. The van der Waals surface area contributed by atoms with Crippen LogP contribution in [0.15, 0.2) is 84.9 Å². The van der Waals surface area contributed by atoms with Gasteiger partial charge >= 0.3 is 0 Å². The second-order valence-corrected chi connectivity index (χ2v) is 10.2. The van der Waals surface area contributed by atoms with Gasteiger partial charge in [-0.05, 0) is 75.9 Å². The van der Waals surface area contributed by atoms with E-state index in [9.17, 15) is 0 Å². The highest BCUT2D eigenvalue weighted by atomic mass is 127. The van der Waals surface area contributed by atoms with Crippen LogP contribution in [-0.2, 0) is 0 Å². The Bertz CT molecular complexity index is 977. The summed E-state index contributed by atoms with van der Waals surface area (Å²) in [5.41, 5.74) is 6.38. The quantitative estimate of drug-likeness (QED) is 0.0936. The molecule has 3 heteroatoms. The minimum absolute atomic E-state index is 0.549. The van der Waals surface area contributed by atoms with Crippen LogP contribution in [0.4, 0.5) is 0 Å². The van der Waals surface area contributed by atoms with Gasteiger partial charge in [-0.25, -0.2) is 0 Å². The third kappa shape index (κ3) is 6.20. The summed E-state index contributed by atoms with van der Waals surface area (Å²) >= 11 is 2.48. The maximum Gasteiger partial charge on any atom is 0.137 e. The van der Waals surface area contributed by atoms with Crippen LogP contribution < -0.4 is 4.74 Å². The van der Waals surface area contributed by atoms with Crippen molar-refractivity contribution in [2.75, 3.05) is 27.2 Å². The molecule has 3 aromatic rings. The number of allylic oxidation sites excluding steroid dienone is 1. The Balaban J connectivity index is 1.90. The number of halogens is 1. The SMILES string of the molecule is CCC(=C(c1ccccc1)c1ccc(OCC[N+](C)(C)C(C)I)cc1)c1ccccc1. The van der Waals surface area contributed by atoms with Crippen LogP contribution in [0.5, 0.6) is 5.75 Å². The lowest BCUT2D eigenvalue weighted by Gasteiger charge is -2.32. The number of hydrogen-bond acceptors (Lipinski definition) is 1. The molecule has 0 radical (unpaired) electrons. The van der Waals surface area contributed by atoms with Crippen molar-refractivity contribution in [3.63, 3.8) is 0 Å². The Kier molecular flexibility index (Phi) is 8.33. The number of quaternary nitrogens is 1. The maximum absolute atomic E-state index is 6.07. The summed E-state index contributed by atoms with van der Waals surface area (Å²) in [6.07, 6.45) is 0.966. The van der Waals surface area contributed by atoms with E-state index >= 15 is 0 Å². The summed E-state index contributed by atoms with van der Waals surface area (Å²) in [5, 5.41) is 0. The van der Waals surface area contributed by atoms with Gasteiger partial charge in [0.25, 0.3) is 0 Å². The molecule has 1 unspecified atom stereocenters. The minimum atomic E-state index is 0.549. The Morgan fingerprint density at radius 1 is 0.806 bits per heavy atom. The zero-order valence-electron chi connectivity index (χ0n) is 19.0. The topological polar surface area (TPSA) is 9.23 Å². The first kappa shape index (κ1) is 23.6. The highest BCUT2D eigenvalue weighted by Crippen LogP contribution is 2.34. The molecule has 0 bridgehead atoms. The number of rotatable bonds is 9. The van der Waals surface area contributed by atoms with Crippen molar-refractivity contribution in [1.82, 2.24) is 0 Å². The fourth-order valence-electron chi connectivity index (χ4n) is 3.58. The lowest BCUT2D eigenvalue weighted by atomic mass is 9.88. The van der Waals surface area contributed by atoms with Crippen molar-refractivity contribution >= 4 is 33.7 Å². The van der Waals surface area contributed by atoms with Crippen LogP contribution in [0.3, 0.4) is 0 Å². The van der Waals surface area contributed by atoms with Crippen molar-refractivity contribution in [2.45, 2.75) is 24.3 Å². The van der Waals surface area contributed by atoms with Gasteiger partial charge in [0.05, 0.1) is 14.1 Å². The van der Waals surface area contributed by atoms with E-state index in [1.54, 1.807) is 0 Å². The van der Waals surface area contributed by atoms with Crippen molar-refractivity contribution in [1.29, 1.82) is 0 Å². The first-order valence-corrected chi connectivity index (χ1v) is 12.2. The van der Waals surface area contributed by atoms with Gasteiger partial charge in [-0.15, -0.1) is 0 Å². The summed E-state index contributed by atoms with van der Waals surface area (Å²) < 4.78 is 7.56. The largest absolute Gasteiger partial charge is 0.488 e. The van der Waals surface area contributed by atoms with Gasteiger partial charge in [0.1, 0.15) is 22.9 Å². The van der Waals surface area contributed by atoms with E-state index in [0.29, 0.717) is 10.7 Å². The smallest absolute Gasteiger partial charge is 0.137 e. The predicted molar refractivity (Wildman–Crippen MR) is 141 cm³/mol. The molecule has 3 aromatic carbocycles. The molecule has 0 saturated carbocycles. The van der Waals surface area contributed by atoms with E-state index in [4.69, 9.17) is 4.74 Å². The summed E-state index contributed by atoms with van der Waals surface area (Å²) in [6.45, 7) is 6.17. The molecular weight excluding hydrogens is 493 g/mol. The lowest BCUT2D eigenvalue weighted by Crippen LogP contribution is -2.46. The molecule has 0 saturated heterocycles. The molecule has 0 aliphatic carbocycles. The van der Waals surface area contributed by atoms with Crippen LogP contribution in [0.25, 0.3) is 11.1 Å². The number of ether oxygens (including phenoxy) is 1. The molecule has 0 aliphatic rings. The maximum atomic E-state index is 6.07. The molecule has 0 heterocycles. The number of benzene rings is 3. The number of alkyl halides is 1. The second-order valence-electron chi connectivity index (χ2n) is 8.39. The highest BCUT2D eigenvalue weighted by Gasteiger charge is 2.20. The first-order valence-electron chi connectivity index (χ1n) is 11.0. The third-order valence-electron chi connectivity index (χ3n) is 5.88. The fraction of sp³-hybridized carbons (Fsp3) is 0.286. The highest BCUT2D eigenvalue weighted by molar-refractivity contribution is 14.1. The van der Waals surface area contributed by atoms with E-state index in [2.05, 4.69) is 135 Å². The summed E-state index contributed by atoms with van der Waals surface area (Å²) in [4.78, 5) is 0. The molecule has 31 heavy (non-hydrogen) atoms. The Morgan fingerprint density at radius 3 is 1.84 bits per heavy atom. The van der Waals surface area contributed by atoms with Gasteiger partial charge in [-0.3, -0.25) is 0 Å². The zero-order valence-corrected chi connectivity index (χ0v) is 21.2. The van der Waals surface area contributed by atoms with Gasteiger partial charge in [0.2, 0.25) is 0 Å². The molecule has 0 aromatic heterocycles.